The first-order valence-corrected chi connectivity index (χ1v) is 15.9. The van der Waals surface area contributed by atoms with E-state index in [1.807, 2.05) is 121 Å². The second kappa shape index (κ2) is 15.4. The van der Waals surface area contributed by atoms with Crippen LogP contribution in [0.25, 0.3) is 0 Å². The maximum absolute atomic E-state index is 13.5. The zero-order valence-corrected chi connectivity index (χ0v) is 27.3. The van der Waals surface area contributed by atoms with E-state index in [2.05, 4.69) is 10.6 Å². The van der Waals surface area contributed by atoms with Crippen molar-refractivity contribution in [2.45, 2.75) is 38.8 Å². The summed E-state index contributed by atoms with van der Waals surface area (Å²) in [5.74, 6) is 2.22. The predicted molar refractivity (Wildman–Crippen MR) is 183 cm³/mol. The fourth-order valence-electron chi connectivity index (χ4n) is 5.93. The third kappa shape index (κ3) is 9.09. The van der Waals surface area contributed by atoms with E-state index in [0.717, 1.165) is 60.0 Å². The maximum atomic E-state index is 13.5. The zero-order valence-electron chi connectivity index (χ0n) is 27.3. The van der Waals surface area contributed by atoms with Gasteiger partial charge in [0.1, 0.15) is 11.5 Å². The van der Waals surface area contributed by atoms with Gasteiger partial charge in [-0.05, 0) is 110 Å². The van der Waals surface area contributed by atoms with Crippen LogP contribution in [-0.4, -0.2) is 63.1 Å². The Morgan fingerprint density at radius 1 is 0.609 bits per heavy atom. The molecule has 1 aliphatic carbocycles. The first-order chi connectivity index (χ1) is 22.2. The lowest BCUT2D eigenvalue weighted by molar-refractivity contribution is 0.151. The van der Waals surface area contributed by atoms with Crippen LogP contribution < -0.4 is 20.4 Å². The van der Waals surface area contributed by atoms with Gasteiger partial charge in [0, 0.05) is 64.0 Å². The van der Waals surface area contributed by atoms with Gasteiger partial charge in [0.05, 0.1) is 25.6 Å². The number of benzene rings is 2. The number of amides is 4. The minimum Gasteiger partial charge on any atom is -0.467 e. The molecule has 1 aliphatic rings. The third-order valence-corrected chi connectivity index (χ3v) is 8.62. The van der Waals surface area contributed by atoms with E-state index in [1.165, 1.54) is 0 Å². The Labute approximate surface area is 271 Å². The third-order valence-electron chi connectivity index (χ3n) is 8.62. The van der Waals surface area contributed by atoms with Crippen molar-refractivity contribution in [1.82, 2.24) is 9.80 Å². The average molecular weight is 627 g/mol. The number of carbonyl (C=O) groups excluding carboxylic acids is 2. The van der Waals surface area contributed by atoms with Gasteiger partial charge < -0.3 is 39.1 Å². The molecule has 4 amide bonds. The molecule has 0 saturated heterocycles. The first-order valence-electron chi connectivity index (χ1n) is 15.9. The molecule has 2 N–H and O–H groups in total. The van der Waals surface area contributed by atoms with E-state index in [0.29, 0.717) is 38.0 Å². The number of hydrogen-bond acceptors (Lipinski definition) is 6. The molecule has 2 heterocycles. The molecular formula is C36H46N6O4. The fourth-order valence-corrected chi connectivity index (χ4v) is 5.93. The standard InChI is InChI=1S/C36H46N6O4/c1-39(2)31-17-13-29(14-18-31)37-35(43)41(25-33-7-5-21-45-33)23-27-9-11-28(12-10-27)24-42(26-34-8-6-22-46-34)36(44)38-30-15-19-32(20-16-30)40(3)4/h5-8,13-22,27-28H,9-12,23-26H2,1-4H3,(H,37,43)(H,38,44). The fraction of sp³-hybridized carbons (Fsp3) is 0.389. The second-order valence-electron chi connectivity index (χ2n) is 12.5. The van der Waals surface area contributed by atoms with E-state index in [4.69, 9.17) is 8.83 Å². The van der Waals surface area contributed by atoms with Crippen molar-refractivity contribution in [3.05, 3.63) is 96.8 Å². The zero-order chi connectivity index (χ0) is 32.5. The first kappa shape index (κ1) is 32.5. The maximum Gasteiger partial charge on any atom is 0.322 e. The van der Waals surface area contributed by atoms with Gasteiger partial charge in [-0.25, -0.2) is 9.59 Å². The monoisotopic (exact) mass is 626 g/mol. The van der Waals surface area contributed by atoms with Gasteiger partial charge >= 0.3 is 12.1 Å². The highest BCUT2D eigenvalue weighted by Crippen LogP contribution is 2.31. The van der Waals surface area contributed by atoms with Crippen molar-refractivity contribution in [3.63, 3.8) is 0 Å². The summed E-state index contributed by atoms with van der Waals surface area (Å²) in [5.41, 5.74) is 3.65. The molecule has 1 saturated carbocycles. The van der Waals surface area contributed by atoms with Gasteiger partial charge in [-0.15, -0.1) is 0 Å². The number of anilines is 4. The molecule has 10 heteroatoms. The molecule has 5 rings (SSSR count). The summed E-state index contributed by atoms with van der Waals surface area (Å²) in [5, 5.41) is 6.14. The summed E-state index contributed by atoms with van der Waals surface area (Å²) in [7, 11) is 7.96. The van der Waals surface area contributed by atoms with E-state index in [-0.39, 0.29) is 12.1 Å². The molecule has 4 aromatic rings. The Morgan fingerprint density at radius 3 is 1.28 bits per heavy atom. The normalized spacial score (nSPS) is 16.0. The molecular weight excluding hydrogens is 580 g/mol. The molecule has 46 heavy (non-hydrogen) atoms. The number of nitrogens with zero attached hydrogens (tertiary/aromatic N) is 4. The Hall–Kier alpha value is -4.86. The van der Waals surface area contributed by atoms with Crippen LogP contribution in [0.5, 0.6) is 0 Å². The van der Waals surface area contributed by atoms with Crippen LogP contribution in [-0.2, 0) is 13.1 Å². The van der Waals surface area contributed by atoms with Gasteiger partial charge in [-0.3, -0.25) is 0 Å². The van der Waals surface area contributed by atoms with E-state index in [1.54, 1.807) is 12.5 Å². The minimum absolute atomic E-state index is 0.143. The van der Waals surface area contributed by atoms with Crippen molar-refractivity contribution in [2.75, 3.05) is 61.7 Å². The summed E-state index contributed by atoms with van der Waals surface area (Å²) in [6, 6.07) is 22.9. The molecule has 2 aromatic carbocycles. The molecule has 10 nitrogen and oxygen atoms in total. The van der Waals surface area contributed by atoms with Gasteiger partial charge in [0.2, 0.25) is 0 Å². The minimum atomic E-state index is -0.143. The number of carbonyl (C=O) groups is 2. The van der Waals surface area contributed by atoms with Crippen molar-refractivity contribution in [2.24, 2.45) is 11.8 Å². The summed E-state index contributed by atoms with van der Waals surface area (Å²) >= 11 is 0. The molecule has 0 atom stereocenters. The van der Waals surface area contributed by atoms with Gasteiger partial charge in [0.25, 0.3) is 0 Å². The lowest BCUT2D eigenvalue weighted by Crippen LogP contribution is -2.41. The Kier molecular flexibility index (Phi) is 10.9. The highest BCUT2D eigenvalue weighted by atomic mass is 16.3. The molecule has 0 aliphatic heterocycles. The SMILES string of the molecule is CN(C)c1ccc(NC(=O)N(Cc2ccco2)CC2CCC(CN(Cc3ccco3)C(=O)Nc3ccc(N(C)C)cc3)CC2)cc1. The smallest absolute Gasteiger partial charge is 0.322 e. The molecule has 0 bridgehead atoms. The van der Waals surface area contributed by atoms with E-state index < -0.39 is 0 Å². The number of rotatable bonds is 12. The van der Waals surface area contributed by atoms with E-state index in [9.17, 15) is 9.59 Å². The molecule has 0 radical (unpaired) electrons. The molecule has 1 fully saturated rings. The lowest BCUT2D eigenvalue weighted by Gasteiger charge is -2.35. The van der Waals surface area contributed by atoms with Gasteiger partial charge in [0.15, 0.2) is 0 Å². The molecule has 0 spiro atoms. The summed E-state index contributed by atoms with van der Waals surface area (Å²) in [6.07, 6.45) is 7.19. The molecule has 0 unspecified atom stereocenters. The van der Waals surface area contributed by atoms with Crippen molar-refractivity contribution in [1.29, 1.82) is 0 Å². The Morgan fingerprint density at radius 2 is 0.978 bits per heavy atom. The Balaban J connectivity index is 1.18. The van der Waals surface area contributed by atoms with Crippen molar-refractivity contribution in [3.8, 4) is 0 Å². The molecule has 244 valence electrons. The number of nitrogens with one attached hydrogen (secondary N) is 2. The average Bonchev–Trinajstić information content (AvgIpc) is 3.76. The van der Waals surface area contributed by atoms with Gasteiger partial charge in [-0.1, -0.05) is 0 Å². The number of hydrogen-bond donors (Lipinski definition) is 2. The summed E-state index contributed by atoms with van der Waals surface area (Å²) in [4.78, 5) is 34.7. The number of urea groups is 2. The van der Waals surface area contributed by atoms with E-state index >= 15 is 0 Å². The second-order valence-corrected chi connectivity index (χ2v) is 12.5. The Bertz CT molecular complexity index is 1380. The van der Waals surface area contributed by atoms with Crippen LogP contribution in [0.3, 0.4) is 0 Å². The topological polar surface area (TPSA) is 97.4 Å². The predicted octanol–water partition coefficient (Wildman–Crippen LogP) is 7.58. The van der Waals surface area contributed by atoms with Crippen LogP contribution in [0, 0.1) is 11.8 Å². The van der Waals surface area contributed by atoms with Crippen molar-refractivity contribution >= 4 is 34.8 Å². The lowest BCUT2D eigenvalue weighted by atomic mass is 9.81. The van der Waals surface area contributed by atoms with Crippen molar-refractivity contribution < 1.29 is 18.4 Å². The highest BCUT2D eigenvalue weighted by molar-refractivity contribution is 5.90. The summed E-state index contributed by atoms with van der Waals surface area (Å²) < 4.78 is 11.2. The molecule has 2 aromatic heterocycles. The van der Waals surface area contributed by atoms with Gasteiger partial charge in [-0.2, -0.15) is 0 Å². The largest absolute Gasteiger partial charge is 0.467 e. The van der Waals surface area contributed by atoms with Crippen LogP contribution in [0.4, 0.5) is 32.3 Å². The summed E-state index contributed by atoms with van der Waals surface area (Å²) in [6.45, 7) is 2.07. The van der Waals surface area contributed by atoms with Crippen LogP contribution >= 0.6 is 0 Å². The van der Waals surface area contributed by atoms with Crippen LogP contribution in [0.1, 0.15) is 37.2 Å². The number of furan rings is 2. The van der Waals surface area contributed by atoms with Crippen LogP contribution in [0.15, 0.2) is 94.2 Å². The van der Waals surface area contributed by atoms with Crippen LogP contribution in [0.2, 0.25) is 0 Å². The highest BCUT2D eigenvalue weighted by Gasteiger charge is 2.28. The quantitative estimate of drug-likeness (QED) is 0.168.